The monoisotopic (exact) mass is 422 g/mol. The molecule has 0 atom stereocenters. The molecule has 30 heavy (non-hydrogen) atoms. The number of hydrogen-bond donors (Lipinski definition) is 1. The SMILES string of the molecule is Cc1cc(C)c(S(=O)(=O)Nc2ccc(-c3ccc(N4CCCC4)nn3)cc2)c(C)c1. The molecular weight excluding hydrogens is 396 g/mol. The van der Waals surface area contributed by atoms with Crippen molar-refractivity contribution in [2.45, 2.75) is 38.5 Å². The Balaban J connectivity index is 1.52. The summed E-state index contributed by atoms with van der Waals surface area (Å²) >= 11 is 0. The van der Waals surface area contributed by atoms with E-state index >= 15 is 0 Å². The van der Waals surface area contributed by atoms with Gasteiger partial charge >= 0.3 is 0 Å². The topological polar surface area (TPSA) is 75.2 Å². The molecule has 7 heteroatoms. The zero-order valence-electron chi connectivity index (χ0n) is 17.5. The molecule has 6 nitrogen and oxygen atoms in total. The lowest BCUT2D eigenvalue weighted by Crippen LogP contribution is -2.19. The van der Waals surface area contributed by atoms with E-state index in [0.717, 1.165) is 46.9 Å². The molecule has 1 aliphatic heterocycles. The molecule has 0 bridgehead atoms. The fraction of sp³-hybridized carbons (Fsp3) is 0.304. The van der Waals surface area contributed by atoms with Gasteiger partial charge in [-0.05, 0) is 69.0 Å². The van der Waals surface area contributed by atoms with Gasteiger partial charge in [0, 0.05) is 24.3 Å². The molecular formula is C23H26N4O2S. The first kappa shape index (κ1) is 20.3. The second kappa shape index (κ2) is 8.07. The number of nitrogens with zero attached hydrogens (tertiary/aromatic N) is 3. The molecule has 2 aromatic carbocycles. The maximum Gasteiger partial charge on any atom is 0.262 e. The molecule has 0 unspecified atom stereocenters. The van der Waals surface area contributed by atoms with E-state index in [0.29, 0.717) is 10.6 Å². The van der Waals surface area contributed by atoms with Crippen molar-refractivity contribution in [1.82, 2.24) is 10.2 Å². The normalized spacial score (nSPS) is 14.2. The Morgan fingerprint density at radius 2 is 1.50 bits per heavy atom. The highest BCUT2D eigenvalue weighted by Gasteiger charge is 2.20. The Kier molecular flexibility index (Phi) is 5.47. The van der Waals surface area contributed by atoms with Crippen LogP contribution in [0.5, 0.6) is 0 Å². The average molecular weight is 423 g/mol. The smallest absolute Gasteiger partial charge is 0.262 e. The van der Waals surface area contributed by atoms with Crippen molar-refractivity contribution < 1.29 is 8.42 Å². The van der Waals surface area contributed by atoms with Crippen LogP contribution >= 0.6 is 0 Å². The van der Waals surface area contributed by atoms with Gasteiger partial charge in [0.05, 0.1) is 10.6 Å². The van der Waals surface area contributed by atoms with Crippen molar-refractivity contribution in [3.05, 3.63) is 65.2 Å². The van der Waals surface area contributed by atoms with Gasteiger partial charge < -0.3 is 4.90 Å². The molecule has 156 valence electrons. The van der Waals surface area contributed by atoms with Crippen LogP contribution < -0.4 is 9.62 Å². The summed E-state index contributed by atoms with van der Waals surface area (Å²) in [7, 11) is -3.67. The molecule has 0 saturated carbocycles. The van der Waals surface area contributed by atoms with Gasteiger partial charge in [-0.3, -0.25) is 4.72 Å². The summed E-state index contributed by atoms with van der Waals surface area (Å²) in [6.07, 6.45) is 2.39. The molecule has 1 aliphatic rings. The molecule has 0 spiro atoms. The number of benzene rings is 2. The van der Waals surface area contributed by atoms with Crippen LogP contribution in [-0.4, -0.2) is 31.7 Å². The van der Waals surface area contributed by atoms with Crippen molar-refractivity contribution in [1.29, 1.82) is 0 Å². The lowest BCUT2D eigenvalue weighted by atomic mass is 10.1. The van der Waals surface area contributed by atoms with Gasteiger partial charge in [-0.15, -0.1) is 10.2 Å². The standard InChI is InChI=1S/C23H26N4O2S/c1-16-14-17(2)23(18(3)15-16)30(28,29)26-20-8-6-19(7-9-20)21-10-11-22(25-24-21)27-12-4-5-13-27/h6-11,14-15,26H,4-5,12-13H2,1-3H3. The van der Waals surface area contributed by atoms with E-state index in [1.54, 1.807) is 12.1 Å². The van der Waals surface area contributed by atoms with Crippen molar-refractivity contribution in [3.8, 4) is 11.3 Å². The van der Waals surface area contributed by atoms with Crippen LogP contribution in [0.2, 0.25) is 0 Å². The van der Waals surface area contributed by atoms with Crippen molar-refractivity contribution in [3.63, 3.8) is 0 Å². The van der Waals surface area contributed by atoms with Crippen molar-refractivity contribution in [2.24, 2.45) is 0 Å². The van der Waals surface area contributed by atoms with Crippen LogP contribution in [0.15, 0.2) is 53.4 Å². The van der Waals surface area contributed by atoms with Gasteiger partial charge in [0.2, 0.25) is 0 Å². The number of aryl methyl sites for hydroxylation is 3. The van der Waals surface area contributed by atoms with Gasteiger partial charge in [0.15, 0.2) is 5.82 Å². The Labute approximate surface area is 178 Å². The van der Waals surface area contributed by atoms with Gasteiger partial charge in [0.25, 0.3) is 10.0 Å². The number of anilines is 2. The third-order valence-corrected chi connectivity index (χ3v) is 7.07. The Morgan fingerprint density at radius 3 is 2.07 bits per heavy atom. The fourth-order valence-electron chi connectivity index (χ4n) is 4.10. The minimum atomic E-state index is -3.67. The predicted octanol–water partition coefficient (Wildman–Crippen LogP) is 4.47. The highest BCUT2D eigenvalue weighted by Crippen LogP contribution is 2.26. The van der Waals surface area contributed by atoms with Gasteiger partial charge in [-0.2, -0.15) is 0 Å². The molecule has 1 aromatic heterocycles. The minimum Gasteiger partial charge on any atom is -0.355 e. The third kappa shape index (κ3) is 4.16. The van der Waals surface area contributed by atoms with Gasteiger partial charge in [-0.25, -0.2) is 8.42 Å². The van der Waals surface area contributed by atoms with E-state index in [1.807, 2.05) is 57.2 Å². The maximum absolute atomic E-state index is 12.9. The van der Waals surface area contributed by atoms with E-state index in [4.69, 9.17) is 0 Å². The third-order valence-electron chi connectivity index (χ3n) is 5.39. The zero-order valence-corrected chi connectivity index (χ0v) is 18.3. The summed E-state index contributed by atoms with van der Waals surface area (Å²) in [6, 6.07) is 14.9. The molecule has 4 rings (SSSR count). The Hall–Kier alpha value is -2.93. The van der Waals surface area contributed by atoms with Gasteiger partial charge in [-0.1, -0.05) is 29.8 Å². The summed E-state index contributed by atoms with van der Waals surface area (Å²) in [4.78, 5) is 2.57. The molecule has 3 aromatic rings. The first-order chi connectivity index (χ1) is 14.3. The number of sulfonamides is 1. The molecule has 2 heterocycles. The van der Waals surface area contributed by atoms with Crippen LogP contribution in [0, 0.1) is 20.8 Å². The molecule has 1 N–H and O–H groups in total. The second-order valence-corrected chi connectivity index (χ2v) is 9.50. The maximum atomic E-state index is 12.9. The summed E-state index contributed by atoms with van der Waals surface area (Å²) in [5.74, 6) is 0.907. The quantitative estimate of drug-likeness (QED) is 0.657. The molecule has 0 amide bonds. The van der Waals surface area contributed by atoms with Gasteiger partial charge in [0.1, 0.15) is 0 Å². The van der Waals surface area contributed by atoms with Crippen LogP contribution in [0.1, 0.15) is 29.5 Å². The van der Waals surface area contributed by atoms with E-state index in [2.05, 4.69) is 19.8 Å². The second-order valence-electron chi connectivity index (χ2n) is 7.88. The molecule has 0 aliphatic carbocycles. The lowest BCUT2D eigenvalue weighted by molar-refractivity contribution is 0.600. The summed E-state index contributed by atoms with van der Waals surface area (Å²) in [5.41, 5.74) is 4.69. The first-order valence-electron chi connectivity index (χ1n) is 10.1. The molecule has 1 saturated heterocycles. The van der Waals surface area contributed by atoms with E-state index in [-0.39, 0.29) is 0 Å². The Morgan fingerprint density at radius 1 is 0.867 bits per heavy atom. The van der Waals surface area contributed by atoms with Crippen LogP contribution in [0.3, 0.4) is 0 Å². The van der Waals surface area contributed by atoms with Crippen LogP contribution in [0.25, 0.3) is 11.3 Å². The lowest BCUT2D eigenvalue weighted by Gasteiger charge is -2.15. The fourth-order valence-corrected chi connectivity index (χ4v) is 5.61. The van der Waals surface area contributed by atoms with E-state index in [9.17, 15) is 8.42 Å². The number of hydrogen-bond acceptors (Lipinski definition) is 5. The minimum absolute atomic E-state index is 0.334. The zero-order chi connectivity index (χ0) is 21.3. The largest absolute Gasteiger partial charge is 0.355 e. The molecule has 0 radical (unpaired) electrons. The summed E-state index contributed by atoms with van der Waals surface area (Å²) in [5, 5.41) is 8.70. The van der Waals surface area contributed by atoms with E-state index in [1.165, 1.54) is 12.8 Å². The first-order valence-corrected chi connectivity index (χ1v) is 11.6. The summed E-state index contributed by atoms with van der Waals surface area (Å²) < 4.78 is 28.6. The van der Waals surface area contributed by atoms with Crippen molar-refractivity contribution in [2.75, 3.05) is 22.7 Å². The molecule has 1 fully saturated rings. The van der Waals surface area contributed by atoms with Crippen LogP contribution in [-0.2, 0) is 10.0 Å². The van der Waals surface area contributed by atoms with Crippen molar-refractivity contribution >= 4 is 21.5 Å². The predicted molar refractivity (Wildman–Crippen MR) is 120 cm³/mol. The van der Waals surface area contributed by atoms with E-state index < -0.39 is 10.0 Å². The Bertz CT molecular complexity index is 1130. The number of nitrogens with one attached hydrogen (secondary N) is 1. The highest BCUT2D eigenvalue weighted by atomic mass is 32.2. The average Bonchev–Trinajstić information content (AvgIpc) is 3.22. The number of aromatic nitrogens is 2. The number of rotatable bonds is 5. The highest BCUT2D eigenvalue weighted by molar-refractivity contribution is 7.92. The van der Waals surface area contributed by atoms with Crippen LogP contribution in [0.4, 0.5) is 11.5 Å². The summed E-state index contributed by atoms with van der Waals surface area (Å²) in [6.45, 7) is 7.67.